The van der Waals surface area contributed by atoms with Crippen molar-refractivity contribution in [2.45, 2.75) is 38.6 Å². The van der Waals surface area contributed by atoms with Crippen molar-refractivity contribution in [3.63, 3.8) is 0 Å². The standard InChI is InChI=1S/C23H26N2O4/c1-16(26)24-19-8-5-17(6-9-19)14-23(27)25-11-2-4-20(25)18-7-10-21-22(15-18)29-13-3-12-28-21/h5-10,15,20H,2-4,11-14H2,1H3,(H,24,26). The van der Waals surface area contributed by atoms with E-state index in [1.165, 1.54) is 6.92 Å². The zero-order chi connectivity index (χ0) is 20.2. The Morgan fingerprint density at radius 1 is 1.03 bits per heavy atom. The van der Waals surface area contributed by atoms with Gasteiger partial charge in [0.25, 0.3) is 0 Å². The van der Waals surface area contributed by atoms with E-state index in [0.29, 0.717) is 19.6 Å². The monoisotopic (exact) mass is 394 g/mol. The average Bonchev–Trinajstić information content (AvgIpc) is 3.08. The number of fused-ring (bicyclic) bond motifs is 1. The van der Waals surface area contributed by atoms with E-state index in [1.54, 1.807) is 0 Å². The zero-order valence-corrected chi connectivity index (χ0v) is 16.6. The van der Waals surface area contributed by atoms with Crippen LogP contribution in [0, 0.1) is 0 Å². The molecule has 0 spiro atoms. The normalized spacial score (nSPS) is 18.2. The number of hydrogen-bond donors (Lipinski definition) is 1. The summed E-state index contributed by atoms with van der Waals surface area (Å²) >= 11 is 0. The van der Waals surface area contributed by atoms with Crippen LogP contribution in [0.3, 0.4) is 0 Å². The van der Waals surface area contributed by atoms with Crippen molar-refractivity contribution in [3.05, 3.63) is 53.6 Å². The summed E-state index contributed by atoms with van der Waals surface area (Å²) in [6.07, 6.45) is 3.17. The van der Waals surface area contributed by atoms with Gasteiger partial charge in [0.1, 0.15) is 0 Å². The zero-order valence-electron chi connectivity index (χ0n) is 16.6. The molecule has 1 unspecified atom stereocenters. The second-order valence-corrected chi connectivity index (χ2v) is 7.56. The van der Waals surface area contributed by atoms with Crippen LogP contribution in [0.4, 0.5) is 5.69 Å². The summed E-state index contributed by atoms with van der Waals surface area (Å²) in [4.78, 5) is 26.1. The molecule has 2 aromatic carbocycles. The third kappa shape index (κ3) is 4.53. The lowest BCUT2D eigenvalue weighted by Gasteiger charge is -2.26. The van der Waals surface area contributed by atoms with Gasteiger partial charge in [0, 0.05) is 25.6 Å². The van der Waals surface area contributed by atoms with Gasteiger partial charge in [0.2, 0.25) is 11.8 Å². The van der Waals surface area contributed by atoms with Crippen molar-refractivity contribution in [2.24, 2.45) is 0 Å². The number of amides is 2. The fourth-order valence-corrected chi connectivity index (χ4v) is 3.98. The molecule has 0 radical (unpaired) electrons. The molecule has 0 aromatic heterocycles. The molecule has 0 aliphatic carbocycles. The molecule has 6 heteroatoms. The maximum absolute atomic E-state index is 13.0. The number of rotatable bonds is 4. The van der Waals surface area contributed by atoms with E-state index in [0.717, 1.165) is 54.1 Å². The third-order valence-corrected chi connectivity index (χ3v) is 5.36. The minimum absolute atomic E-state index is 0.0679. The molecule has 1 atom stereocenters. The van der Waals surface area contributed by atoms with Crippen LogP contribution in [0.1, 0.15) is 43.4 Å². The van der Waals surface area contributed by atoms with Crippen molar-refractivity contribution in [1.29, 1.82) is 0 Å². The van der Waals surface area contributed by atoms with Gasteiger partial charge in [-0.15, -0.1) is 0 Å². The molecule has 6 nitrogen and oxygen atoms in total. The fourth-order valence-electron chi connectivity index (χ4n) is 3.98. The summed E-state index contributed by atoms with van der Waals surface area (Å²) in [5, 5.41) is 2.74. The van der Waals surface area contributed by atoms with Crippen molar-refractivity contribution < 1.29 is 19.1 Å². The lowest BCUT2D eigenvalue weighted by atomic mass is 10.0. The van der Waals surface area contributed by atoms with E-state index < -0.39 is 0 Å². The molecular weight excluding hydrogens is 368 g/mol. The number of anilines is 1. The Morgan fingerprint density at radius 3 is 2.55 bits per heavy atom. The van der Waals surface area contributed by atoms with E-state index in [9.17, 15) is 9.59 Å². The van der Waals surface area contributed by atoms with Gasteiger partial charge in [-0.3, -0.25) is 9.59 Å². The number of hydrogen-bond acceptors (Lipinski definition) is 4. The lowest BCUT2D eigenvalue weighted by Crippen LogP contribution is -2.31. The van der Waals surface area contributed by atoms with Gasteiger partial charge < -0.3 is 19.7 Å². The van der Waals surface area contributed by atoms with E-state index in [4.69, 9.17) is 9.47 Å². The smallest absolute Gasteiger partial charge is 0.227 e. The Kier molecular flexibility index (Phi) is 5.69. The van der Waals surface area contributed by atoms with Crippen LogP contribution in [0.15, 0.2) is 42.5 Å². The topological polar surface area (TPSA) is 67.9 Å². The highest BCUT2D eigenvalue weighted by atomic mass is 16.5. The van der Waals surface area contributed by atoms with Crippen LogP contribution in [0.5, 0.6) is 11.5 Å². The number of likely N-dealkylation sites (tertiary alicyclic amines) is 1. The SMILES string of the molecule is CC(=O)Nc1ccc(CC(=O)N2CCCC2c2ccc3c(c2)OCCCO3)cc1. The second-order valence-electron chi connectivity index (χ2n) is 7.56. The molecule has 152 valence electrons. The summed E-state index contributed by atoms with van der Waals surface area (Å²) in [6, 6.07) is 13.5. The van der Waals surface area contributed by atoms with Crippen LogP contribution in [-0.2, 0) is 16.0 Å². The van der Waals surface area contributed by atoms with Crippen molar-refractivity contribution in [1.82, 2.24) is 4.90 Å². The molecule has 29 heavy (non-hydrogen) atoms. The Hall–Kier alpha value is -3.02. The highest BCUT2D eigenvalue weighted by Crippen LogP contribution is 2.38. The van der Waals surface area contributed by atoms with Crippen molar-refractivity contribution in [3.8, 4) is 11.5 Å². The van der Waals surface area contributed by atoms with Gasteiger partial charge in [-0.1, -0.05) is 18.2 Å². The Bertz CT molecular complexity index is 894. The number of carbonyl (C=O) groups excluding carboxylic acids is 2. The summed E-state index contributed by atoms with van der Waals surface area (Å²) in [5.41, 5.74) is 2.77. The summed E-state index contributed by atoms with van der Waals surface area (Å²) < 4.78 is 11.5. The Labute approximate surface area is 170 Å². The minimum atomic E-state index is -0.108. The van der Waals surface area contributed by atoms with Gasteiger partial charge in [0.15, 0.2) is 11.5 Å². The van der Waals surface area contributed by atoms with Gasteiger partial charge in [-0.05, 0) is 48.2 Å². The molecule has 0 bridgehead atoms. The maximum atomic E-state index is 13.0. The van der Waals surface area contributed by atoms with Crippen LogP contribution in [0.25, 0.3) is 0 Å². The van der Waals surface area contributed by atoms with Gasteiger partial charge >= 0.3 is 0 Å². The van der Waals surface area contributed by atoms with Crippen LogP contribution in [-0.4, -0.2) is 36.5 Å². The summed E-state index contributed by atoms with van der Waals surface area (Å²) in [6.45, 7) is 3.56. The Balaban J connectivity index is 1.46. The minimum Gasteiger partial charge on any atom is -0.490 e. The molecule has 2 aliphatic heterocycles. The van der Waals surface area contributed by atoms with Crippen LogP contribution >= 0.6 is 0 Å². The first kappa shape index (κ1) is 19.3. The van der Waals surface area contributed by atoms with Gasteiger partial charge in [0.05, 0.1) is 25.7 Å². The predicted octanol–water partition coefficient (Wildman–Crippen LogP) is 3.71. The first-order chi connectivity index (χ1) is 14.1. The average molecular weight is 394 g/mol. The number of benzene rings is 2. The van der Waals surface area contributed by atoms with E-state index >= 15 is 0 Å². The van der Waals surface area contributed by atoms with Gasteiger partial charge in [-0.25, -0.2) is 0 Å². The third-order valence-electron chi connectivity index (χ3n) is 5.36. The molecule has 2 heterocycles. The number of nitrogens with one attached hydrogen (secondary N) is 1. The fraction of sp³-hybridized carbons (Fsp3) is 0.391. The van der Waals surface area contributed by atoms with Gasteiger partial charge in [-0.2, -0.15) is 0 Å². The molecule has 1 N–H and O–H groups in total. The van der Waals surface area contributed by atoms with Crippen molar-refractivity contribution in [2.75, 3.05) is 25.1 Å². The van der Waals surface area contributed by atoms with Crippen LogP contribution < -0.4 is 14.8 Å². The highest BCUT2D eigenvalue weighted by molar-refractivity contribution is 5.88. The van der Waals surface area contributed by atoms with E-state index in [1.807, 2.05) is 47.4 Å². The summed E-state index contributed by atoms with van der Waals surface area (Å²) in [5.74, 6) is 1.56. The molecule has 0 saturated carbocycles. The van der Waals surface area contributed by atoms with E-state index in [-0.39, 0.29) is 17.9 Å². The van der Waals surface area contributed by atoms with Crippen molar-refractivity contribution >= 4 is 17.5 Å². The number of ether oxygens (including phenoxy) is 2. The molecule has 2 aromatic rings. The number of carbonyl (C=O) groups is 2. The maximum Gasteiger partial charge on any atom is 0.227 e. The second kappa shape index (κ2) is 8.55. The number of nitrogens with zero attached hydrogens (tertiary/aromatic N) is 1. The summed E-state index contributed by atoms with van der Waals surface area (Å²) in [7, 11) is 0. The molecule has 2 aliphatic rings. The largest absolute Gasteiger partial charge is 0.490 e. The lowest BCUT2D eigenvalue weighted by molar-refractivity contribution is -0.131. The molecular formula is C23H26N2O4. The molecule has 2 amide bonds. The van der Waals surface area contributed by atoms with E-state index in [2.05, 4.69) is 5.32 Å². The predicted molar refractivity (Wildman–Crippen MR) is 110 cm³/mol. The quantitative estimate of drug-likeness (QED) is 0.858. The first-order valence-corrected chi connectivity index (χ1v) is 10.2. The molecule has 1 fully saturated rings. The highest BCUT2D eigenvalue weighted by Gasteiger charge is 2.30. The Morgan fingerprint density at radius 2 is 1.79 bits per heavy atom. The molecule has 1 saturated heterocycles. The van der Waals surface area contributed by atoms with Crippen LogP contribution in [0.2, 0.25) is 0 Å². The molecule has 4 rings (SSSR count). The first-order valence-electron chi connectivity index (χ1n) is 10.2.